The van der Waals surface area contributed by atoms with Crippen LogP contribution < -0.4 is 22.1 Å². The van der Waals surface area contributed by atoms with Crippen molar-refractivity contribution in [1.29, 1.82) is 0 Å². The molecule has 0 bridgehead atoms. The van der Waals surface area contributed by atoms with Crippen molar-refractivity contribution in [2.45, 2.75) is 77.8 Å². The molecule has 4 heteroatoms. The Morgan fingerprint density at radius 1 is 0.722 bits per heavy atom. The molecule has 1 saturated carbocycles. The fourth-order valence-electron chi connectivity index (χ4n) is 2.91. The summed E-state index contributed by atoms with van der Waals surface area (Å²) in [7, 11) is 0. The van der Waals surface area contributed by atoms with Crippen molar-refractivity contribution in [3.05, 3.63) is 0 Å². The molecule has 1 fully saturated rings. The minimum absolute atomic E-state index is 0.139. The molecule has 0 radical (unpaired) electrons. The molecule has 1 rings (SSSR count). The summed E-state index contributed by atoms with van der Waals surface area (Å²) in [6, 6.07) is 0.921. The highest BCUT2D eigenvalue weighted by atomic mass is 15.1. The van der Waals surface area contributed by atoms with E-state index in [2.05, 4.69) is 38.3 Å². The van der Waals surface area contributed by atoms with Crippen LogP contribution in [-0.4, -0.2) is 24.4 Å². The standard InChI is InChI=1S/C14H32N4/c1-9(2)17-13(15)11-5-7-12(8-6-11)14(16)18-10(3)4/h9-14,17-18H,5-8,15-16H2,1-4H3. The summed E-state index contributed by atoms with van der Waals surface area (Å²) in [6.07, 6.45) is 5.05. The van der Waals surface area contributed by atoms with Gasteiger partial charge in [0, 0.05) is 12.1 Å². The molecule has 0 aromatic carbocycles. The molecule has 2 atom stereocenters. The summed E-state index contributed by atoms with van der Waals surface area (Å²) in [4.78, 5) is 0. The number of nitrogens with two attached hydrogens (primary N) is 2. The van der Waals surface area contributed by atoms with Crippen LogP contribution >= 0.6 is 0 Å². The van der Waals surface area contributed by atoms with E-state index in [-0.39, 0.29) is 12.3 Å². The summed E-state index contributed by atoms with van der Waals surface area (Å²) >= 11 is 0. The molecule has 1 aliphatic rings. The largest absolute Gasteiger partial charge is 0.316 e. The summed E-state index contributed by atoms with van der Waals surface area (Å²) in [5.41, 5.74) is 12.4. The normalized spacial score (nSPS) is 28.7. The third kappa shape index (κ3) is 5.22. The van der Waals surface area contributed by atoms with Gasteiger partial charge in [-0.2, -0.15) is 0 Å². The second-order valence-corrected chi connectivity index (χ2v) is 6.37. The van der Waals surface area contributed by atoms with Gasteiger partial charge in [-0.1, -0.05) is 0 Å². The zero-order chi connectivity index (χ0) is 13.7. The summed E-state index contributed by atoms with van der Waals surface area (Å²) in [5.74, 6) is 1.21. The Kier molecular flexibility index (Phi) is 6.57. The molecule has 0 heterocycles. The highest BCUT2D eigenvalue weighted by Crippen LogP contribution is 2.30. The van der Waals surface area contributed by atoms with E-state index in [9.17, 15) is 0 Å². The number of rotatable bonds is 6. The molecule has 0 aromatic heterocycles. The van der Waals surface area contributed by atoms with Crippen LogP contribution in [0.5, 0.6) is 0 Å². The number of hydrogen-bond donors (Lipinski definition) is 4. The van der Waals surface area contributed by atoms with E-state index in [0.717, 1.165) is 0 Å². The summed E-state index contributed by atoms with van der Waals surface area (Å²) in [5, 5.41) is 6.84. The predicted octanol–water partition coefficient (Wildman–Crippen LogP) is 1.36. The third-order valence-electron chi connectivity index (χ3n) is 3.88. The van der Waals surface area contributed by atoms with Crippen molar-refractivity contribution < 1.29 is 0 Å². The van der Waals surface area contributed by atoms with Gasteiger partial charge >= 0.3 is 0 Å². The van der Waals surface area contributed by atoms with Gasteiger partial charge in [0.25, 0.3) is 0 Å². The Bertz CT molecular complexity index is 198. The average molecular weight is 256 g/mol. The topological polar surface area (TPSA) is 76.1 Å². The third-order valence-corrected chi connectivity index (χ3v) is 3.88. The fourth-order valence-corrected chi connectivity index (χ4v) is 2.91. The summed E-state index contributed by atoms with van der Waals surface area (Å²) in [6.45, 7) is 8.59. The maximum atomic E-state index is 6.19. The smallest absolute Gasteiger partial charge is 0.0577 e. The molecular weight excluding hydrogens is 224 g/mol. The fraction of sp³-hybridized carbons (Fsp3) is 1.00. The van der Waals surface area contributed by atoms with Crippen LogP contribution in [-0.2, 0) is 0 Å². The van der Waals surface area contributed by atoms with Crippen molar-refractivity contribution >= 4 is 0 Å². The Morgan fingerprint density at radius 2 is 1.00 bits per heavy atom. The lowest BCUT2D eigenvalue weighted by molar-refractivity contribution is 0.183. The minimum Gasteiger partial charge on any atom is -0.316 e. The molecule has 108 valence electrons. The van der Waals surface area contributed by atoms with E-state index in [4.69, 9.17) is 11.5 Å². The van der Waals surface area contributed by atoms with Crippen LogP contribution in [0.4, 0.5) is 0 Å². The first-order chi connectivity index (χ1) is 8.40. The lowest BCUT2D eigenvalue weighted by Gasteiger charge is -2.36. The molecular formula is C14H32N4. The van der Waals surface area contributed by atoms with E-state index >= 15 is 0 Å². The molecule has 18 heavy (non-hydrogen) atoms. The maximum absolute atomic E-state index is 6.19. The Hall–Kier alpha value is -0.160. The Labute approximate surface area is 112 Å². The van der Waals surface area contributed by atoms with Crippen molar-refractivity contribution in [3.63, 3.8) is 0 Å². The minimum atomic E-state index is 0.139. The van der Waals surface area contributed by atoms with Crippen molar-refractivity contribution in [3.8, 4) is 0 Å². The van der Waals surface area contributed by atoms with E-state index in [1.165, 1.54) is 25.7 Å². The maximum Gasteiger partial charge on any atom is 0.0577 e. The van der Waals surface area contributed by atoms with E-state index < -0.39 is 0 Å². The van der Waals surface area contributed by atoms with Crippen LogP contribution in [0.3, 0.4) is 0 Å². The monoisotopic (exact) mass is 256 g/mol. The molecule has 0 aromatic rings. The number of hydrogen-bond acceptors (Lipinski definition) is 4. The van der Waals surface area contributed by atoms with Crippen LogP contribution in [0, 0.1) is 11.8 Å². The first-order valence-electron chi connectivity index (χ1n) is 7.43. The summed E-state index contributed by atoms with van der Waals surface area (Å²) < 4.78 is 0. The second-order valence-electron chi connectivity index (χ2n) is 6.37. The van der Waals surface area contributed by atoms with Gasteiger partial charge in [-0.3, -0.25) is 10.6 Å². The molecule has 0 aliphatic heterocycles. The lowest BCUT2D eigenvalue weighted by atomic mass is 9.79. The van der Waals surface area contributed by atoms with E-state index in [0.29, 0.717) is 23.9 Å². The van der Waals surface area contributed by atoms with E-state index in [1.807, 2.05) is 0 Å². The Morgan fingerprint density at radius 3 is 1.22 bits per heavy atom. The first kappa shape index (κ1) is 15.9. The first-order valence-corrected chi connectivity index (χ1v) is 7.43. The molecule has 0 saturated heterocycles. The molecule has 2 unspecified atom stereocenters. The second kappa shape index (κ2) is 7.43. The van der Waals surface area contributed by atoms with Gasteiger partial charge in [0.15, 0.2) is 0 Å². The van der Waals surface area contributed by atoms with Crippen LogP contribution in [0.25, 0.3) is 0 Å². The van der Waals surface area contributed by atoms with Crippen molar-refractivity contribution in [1.82, 2.24) is 10.6 Å². The highest BCUT2D eigenvalue weighted by molar-refractivity contribution is 4.83. The van der Waals surface area contributed by atoms with Crippen molar-refractivity contribution in [2.75, 3.05) is 0 Å². The quantitative estimate of drug-likeness (QED) is 0.541. The van der Waals surface area contributed by atoms with Gasteiger partial charge in [-0.25, -0.2) is 0 Å². The zero-order valence-electron chi connectivity index (χ0n) is 12.4. The highest BCUT2D eigenvalue weighted by Gasteiger charge is 2.28. The molecule has 1 aliphatic carbocycles. The van der Waals surface area contributed by atoms with Crippen LogP contribution in [0.1, 0.15) is 53.4 Å². The molecule has 0 spiro atoms. The van der Waals surface area contributed by atoms with Gasteiger partial charge < -0.3 is 11.5 Å². The van der Waals surface area contributed by atoms with Gasteiger partial charge in [0.05, 0.1) is 12.3 Å². The van der Waals surface area contributed by atoms with Gasteiger partial charge in [-0.05, 0) is 65.2 Å². The Balaban J connectivity index is 2.31. The van der Waals surface area contributed by atoms with Crippen molar-refractivity contribution in [2.24, 2.45) is 23.3 Å². The van der Waals surface area contributed by atoms with Gasteiger partial charge in [0.2, 0.25) is 0 Å². The lowest BCUT2D eigenvalue weighted by Crippen LogP contribution is -2.51. The van der Waals surface area contributed by atoms with Gasteiger partial charge in [-0.15, -0.1) is 0 Å². The number of nitrogens with one attached hydrogen (secondary N) is 2. The van der Waals surface area contributed by atoms with Gasteiger partial charge in [0.1, 0.15) is 0 Å². The molecule has 0 amide bonds. The van der Waals surface area contributed by atoms with Crippen LogP contribution in [0.15, 0.2) is 0 Å². The molecule has 6 N–H and O–H groups in total. The SMILES string of the molecule is CC(C)NC(N)C1CCC(C(N)NC(C)C)CC1. The zero-order valence-corrected chi connectivity index (χ0v) is 12.4. The predicted molar refractivity (Wildman–Crippen MR) is 77.9 cm³/mol. The van der Waals surface area contributed by atoms with Crippen LogP contribution in [0.2, 0.25) is 0 Å². The van der Waals surface area contributed by atoms with E-state index in [1.54, 1.807) is 0 Å². The molecule has 4 nitrogen and oxygen atoms in total. The average Bonchev–Trinajstić information content (AvgIpc) is 2.27.